The molecule has 0 radical (unpaired) electrons. The van der Waals surface area contributed by atoms with E-state index in [2.05, 4.69) is 240 Å². The van der Waals surface area contributed by atoms with Crippen molar-refractivity contribution in [1.82, 2.24) is 15.0 Å². The maximum atomic E-state index is 5.28. The fourth-order valence-electron chi connectivity index (χ4n) is 11.7. The topological polar surface area (TPSA) is 38.7 Å². The average molecular weight is 888 g/mol. The molecule has 0 aliphatic heterocycles. The van der Waals surface area contributed by atoms with Gasteiger partial charge >= 0.3 is 0 Å². The van der Waals surface area contributed by atoms with E-state index >= 15 is 0 Å². The van der Waals surface area contributed by atoms with Crippen LogP contribution in [0.2, 0.25) is 19.6 Å². The van der Waals surface area contributed by atoms with Crippen LogP contribution < -0.4 is 5.19 Å². The van der Waals surface area contributed by atoms with E-state index in [4.69, 9.17) is 15.0 Å². The summed E-state index contributed by atoms with van der Waals surface area (Å²) in [5.74, 6) is 2.00. The third-order valence-electron chi connectivity index (χ3n) is 15.1. The van der Waals surface area contributed by atoms with E-state index in [0.29, 0.717) is 17.5 Å². The molecule has 0 unspecified atom stereocenters. The molecule has 1 heterocycles. The first-order valence-electron chi connectivity index (χ1n) is 23.8. The number of benzene rings is 9. The number of hydrogen-bond donors (Lipinski definition) is 0. The van der Waals surface area contributed by atoms with Crippen molar-refractivity contribution in [2.45, 2.75) is 44.3 Å². The molecule has 10 aromatic rings. The molecule has 3 aliphatic carbocycles. The standard InChI is InChI=1S/C64H49N3Si/c1-63(2)54-24-10-6-20-48(54)52-35-31-46(39-58(52)63)62-66-60(40-28-32-47(33-29-40)68(3,4)5)65-61(67-62)45-19-15-18-43(37-45)41-16-14-17-42(36-41)44-30-34-53-51-23-9-13-27-57(51)64(59(53)38-44)55-25-11-7-21-49(55)50-22-8-12-26-56(50)64/h6-39H,1-5H3. The van der Waals surface area contributed by atoms with Crippen LogP contribution in [0.5, 0.6) is 0 Å². The Balaban J connectivity index is 0.910. The third kappa shape index (κ3) is 6.00. The van der Waals surface area contributed by atoms with E-state index < -0.39 is 8.07 Å². The van der Waals surface area contributed by atoms with Gasteiger partial charge in [-0.2, -0.15) is 0 Å². The Hall–Kier alpha value is -7.79. The van der Waals surface area contributed by atoms with E-state index in [-0.39, 0.29) is 10.8 Å². The van der Waals surface area contributed by atoms with Crippen molar-refractivity contribution in [2.24, 2.45) is 0 Å². The second-order valence-electron chi connectivity index (χ2n) is 20.4. The Morgan fingerprint density at radius 3 is 1.18 bits per heavy atom. The Kier molecular flexibility index (Phi) is 8.84. The van der Waals surface area contributed by atoms with E-state index in [1.165, 1.54) is 83.1 Å². The molecule has 0 amide bonds. The predicted molar refractivity (Wildman–Crippen MR) is 284 cm³/mol. The Morgan fingerprint density at radius 1 is 0.294 bits per heavy atom. The summed E-state index contributed by atoms with van der Waals surface area (Å²) >= 11 is 0. The highest BCUT2D eigenvalue weighted by molar-refractivity contribution is 6.88. The summed E-state index contributed by atoms with van der Waals surface area (Å²) < 4.78 is 0. The Bertz CT molecular complexity index is 3640. The predicted octanol–water partition coefficient (Wildman–Crippen LogP) is 15.4. The zero-order valence-electron chi connectivity index (χ0n) is 39.0. The van der Waals surface area contributed by atoms with Gasteiger partial charge < -0.3 is 0 Å². The minimum Gasteiger partial charge on any atom is -0.208 e. The molecule has 324 valence electrons. The summed E-state index contributed by atoms with van der Waals surface area (Å²) in [6.45, 7) is 11.8. The largest absolute Gasteiger partial charge is 0.208 e. The molecule has 68 heavy (non-hydrogen) atoms. The van der Waals surface area contributed by atoms with Crippen molar-refractivity contribution in [2.75, 3.05) is 0 Å². The third-order valence-corrected chi connectivity index (χ3v) is 17.2. The molecule has 3 nitrogen and oxygen atoms in total. The SMILES string of the molecule is CC1(C)c2ccccc2-c2ccc(-c3nc(-c4ccc([Si](C)(C)C)cc4)nc(-c4cccc(-c5cccc(-c6ccc7c(c6)C6(c8ccccc8-c8ccccc86)c6ccccc6-7)c5)c4)n3)cc21. The summed E-state index contributed by atoms with van der Waals surface area (Å²) in [5.41, 5.74) is 22.9. The van der Waals surface area contributed by atoms with Crippen molar-refractivity contribution in [1.29, 1.82) is 0 Å². The van der Waals surface area contributed by atoms with Crippen LogP contribution in [0.4, 0.5) is 0 Å². The van der Waals surface area contributed by atoms with Gasteiger partial charge in [-0.3, -0.25) is 0 Å². The molecule has 0 saturated heterocycles. The van der Waals surface area contributed by atoms with E-state index in [9.17, 15) is 0 Å². The molecule has 0 fully saturated rings. The van der Waals surface area contributed by atoms with E-state index in [1.54, 1.807) is 0 Å². The average Bonchev–Trinajstić information content (AvgIpc) is 3.94. The smallest absolute Gasteiger partial charge is 0.164 e. The van der Waals surface area contributed by atoms with Crippen molar-refractivity contribution in [3.63, 3.8) is 0 Å². The molecule has 4 heteroatoms. The van der Waals surface area contributed by atoms with Gasteiger partial charge in [-0.1, -0.05) is 221 Å². The Morgan fingerprint density at radius 2 is 0.647 bits per heavy atom. The maximum Gasteiger partial charge on any atom is 0.164 e. The fourth-order valence-corrected chi connectivity index (χ4v) is 12.9. The minimum absolute atomic E-state index is 0.143. The first kappa shape index (κ1) is 40.5. The quantitative estimate of drug-likeness (QED) is 0.156. The van der Waals surface area contributed by atoms with Crippen LogP contribution in [-0.2, 0) is 10.8 Å². The van der Waals surface area contributed by atoms with Crippen LogP contribution >= 0.6 is 0 Å². The second kappa shape index (κ2) is 14.9. The first-order chi connectivity index (χ1) is 33.1. The van der Waals surface area contributed by atoms with E-state index in [0.717, 1.165) is 27.8 Å². The first-order valence-corrected chi connectivity index (χ1v) is 27.3. The molecule has 3 aliphatic rings. The van der Waals surface area contributed by atoms with Crippen LogP contribution in [-0.4, -0.2) is 23.0 Å². The second-order valence-corrected chi connectivity index (χ2v) is 25.5. The van der Waals surface area contributed by atoms with Gasteiger partial charge in [-0.25, -0.2) is 15.0 Å². The van der Waals surface area contributed by atoms with Crippen LogP contribution in [0.1, 0.15) is 47.2 Å². The summed E-state index contributed by atoms with van der Waals surface area (Å²) in [7, 11) is -1.50. The molecular formula is C64H49N3Si. The summed E-state index contributed by atoms with van der Waals surface area (Å²) in [4.78, 5) is 15.7. The lowest BCUT2D eigenvalue weighted by atomic mass is 9.70. The number of aromatic nitrogens is 3. The zero-order chi connectivity index (χ0) is 45.9. The van der Waals surface area contributed by atoms with Crippen molar-refractivity contribution in [3.05, 3.63) is 240 Å². The lowest BCUT2D eigenvalue weighted by Gasteiger charge is -2.30. The van der Waals surface area contributed by atoms with Crippen molar-refractivity contribution >= 4 is 13.3 Å². The molecular weight excluding hydrogens is 839 g/mol. The van der Waals surface area contributed by atoms with Crippen LogP contribution in [0, 0.1) is 0 Å². The van der Waals surface area contributed by atoms with Gasteiger partial charge in [0.15, 0.2) is 17.5 Å². The van der Waals surface area contributed by atoms with Crippen molar-refractivity contribution < 1.29 is 0 Å². The van der Waals surface area contributed by atoms with E-state index in [1.807, 2.05) is 0 Å². The molecule has 0 atom stereocenters. The van der Waals surface area contributed by atoms with Gasteiger partial charge in [0.1, 0.15) is 0 Å². The summed E-state index contributed by atoms with van der Waals surface area (Å²) in [5, 5.41) is 1.41. The van der Waals surface area contributed by atoms with Gasteiger partial charge in [0.05, 0.1) is 13.5 Å². The summed E-state index contributed by atoms with van der Waals surface area (Å²) in [6.07, 6.45) is 0. The molecule has 9 aromatic carbocycles. The molecule has 13 rings (SSSR count). The minimum atomic E-state index is -1.50. The summed E-state index contributed by atoms with van der Waals surface area (Å²) in [6, 6.07) is 76.2. The number of hydrogen-bond acceptors (Lipinski definition) is 3. The maximum absolute atomic E-state index is 5.28. The van der Waals surface area contributed by atoms with Crippen LogP contribution in [0.3, 0.4) is 0 Å². The number of fused-ring (bicyclic) bond motifs is 13. The van der Waals surface area contributed by atoms with Gasteiger partial charge in [0.25, 0.3) is 0 Å². The molecule has 0 bridgehead atoms. The molecule has 1 spiro atoms. The Labute approximate surface area is 400 Å². The van der Waals surface area contributed by atoms with Gasteiger partial charge in [-0.15, -0.1) is 0 Å². The lowest BCUT2D eigenvalue weighted by Crippen LogP contribution is -2.37. The van der Waals surface area contributed by atoms with Crippen molar-refractivity contribution in [3.8, 4) is 89.8 Å². The highest BCUT2D eigenvalue weighted by atomic mass is 28.3. The zero-order valence-corrected chi connectivity index (χ0v) is 40.0. The highest BCUT2D eigenvalue weighted by Crippen LogP contribution is 2.63. The van der Waals surface area contributed by atoms with Crippen LogP contribution in [0.15, 0.2) is 206 Å². The lowest BCUT2D eigenvalue weighted by molar-refractivity contribution is 0.660. The van der Waals surface area contributed by atoms with Gasteiger partial charge in [0.2, 0.25) is 0 Å². The number of nitrogens with zero attached hydrogens (tertiary/aromatic N) is 3. The van der Waals surface area contributed by atoms with Gasteiger partial charge in [0, 0.05) is 22.1 Å². The van der Waals surface area contributed by atoms with Gasteiger partial charge in [-0.05, 0) is 113 Å². The van der Waals surface area contributed by atoms with Crippen LogP contribution in [0.25, 0.3) is 89.8 Å². The highest BCUT2D eigenvalue weighted by Gasteiger charge is 2.51. The normalized spacial score (nSPS) is 14.2. The monoisotopic (exact) mass is 887 g/mol. The number of rotatable bonds is 6. The molecule has 1 aromatic heterocycles. The molecule has 0 saturated carbocycles. The fraction of sp³-hybridized carbons (Fsp3) is 0.109. The molecule has 0 N–H and O–H groups in total.